The molecule has 2 aliphatic rings. The van der Waals surface area contributed by atoms with Gasteiger partial charge < -0.3 is 20.1 Å². The van der Waals surface area contributed by atoms with Crippen LogP contribution in [0, 0.1) is 0 Å². The molecule has 184 valence electrons. The fourth-order valence-electron chi connectivity index (χ4n) is 5.26. The van der Waals surface area contributed by atoms with Crippen molar-refractivity contribution in [1.29, 1.82) is 0 Å². The minimum atomic E-state index is -0.546. The van der Waals surface area contributed by atoms with Gasteiger partial charge in [0, 0.05) is 45.6 Å². The molecular weight excluding hydrogens is 442 g/mol. The Hall–Kier alpha value is -3.39. The smallest absolute Gasteiger partial charge is 0.240 e. The molecular formula is C27H33N5O3. The van der Waals surface area contributed by atoms with Crippen molar-refractivity contribution in [2.75, 3.05) is 37.6 Å². The molecule has 1 aromatic heterocycles. The average molecular weight is 476 g/mol. The van der Waals surface area contributed by atoms with Crippen molar-refractivity contribution < 1.29 is 14.1 Å². The first kappa shape index (κ1) is 23.4. The number of unbranched alkanes of at least 4 members (excludes halogenated alkanes) is 2. The van der Waals surface area contributed by atoms with Crippen LogP contribution in [0.3, 0.4) is 0 Å². The highest BCUT2D eigenvalue weighted by Crippen LogP contribution is 2.27. The van der Waals surface area contributed by atoms with Crippen LogP contribution in [0.5, 0.6) is 0 Å². The number of nitrogens with zero attached hydrogens (tertiary/aromatic N) is 4. The number of carbonyl (C=O) groups is 2. The van der Waals surface area contributed by atoms with Gasteiger partial charge in [-0.25, -0.2) is 0 Å². The number of anilines is 1. The Labute approximate surface area is 205 Å². The third-order valence-electron chi connectivity index (χ3n) is 7.29. The van der Waals surface area contributed by atoms with Crippen LogP contribution in [0.15, 0.2) is 53.1 Å². The zero-order valence-electron chi connectivity index (χ0n) is 20.1. The lowest BCUT2D eigenvalue weighted by molar-refractivity contribution is -0.140. The summed E-state index contributed by atoms with van der Waals surface area (Å²) in [6, 6.07) is 15.4. The molecule has 0 spiro atoms. The maximum atomic E-state index is 12.9. The van der Waals surface area contributed by atoms with E-state index in [9.17, 15) is 9.59 Å². The summed E-state index contributed by atoms with van der Waals surface area (Å²) in [4.78, 5) is 31.4. The van der Waals surface area contributed by atoms with E-state index in [4.69, 9.17) is 10.3 Å². The minimum absolute atomic E-state index is 0.0248. The second kappa shape index (κ2) is 10.5. The Balaban J connectivity index is 1.04. The number of hydrogen-bond acceptors (Lipinski definition) is 6. The molecule has 2 N–H and O–H groups in total. The molecule has 8 heteroatoms. The fourth-order valence-corrected chi connectivity index (χ4v) is 5.26. The van der Waals surface area contributed by atoms with Crippen molar-refractivity contribution >= 4 is 28.6 Å². The highest BCUT2D eigenvalue weighted by molar-refractivity contribution is 5.88. The minimum Gasteiger partial charge on any atom is -0.368 e. The molecule has 2 aliphatic heterocycles. The summed E-state index contributed by atoms with van der Waals surface area (Å²) >= 11 is 0. The summed E-state index contributed by atoms with van der Waals surface area (Å²) in [5.74, 6) is 0.538. The lowest BCUT2D eigenvalue weighted by Crippen LogP contribution is -2.51. The molecule has 5 rings (SSSR count). The molecule has 2 aromatic carbocycles. The second-order valence-corrected chi connectivity index (χ2v) is 9.55. The molecule has 3 heterocycles. The van der Waals surface area contributed by atoms with E-state index < -0.39 is 11.9 Å². The average Bonchev–Trinajstić information content (AvgIpc) is 3.32. The van der Waals surface area contributed by atoms with E-state index in [0.29, 0.717) is 19.4 Å². The van der Waals surface area contributed by atoms with Crippen LogP contribution < -0.4 is 10.6 Å². The quantitative estimate of drug-likeness (QED) is 0.503. The van der Waals surface area contributed by atoms with Crippen LogP contribution >= 0.6 is 0 Å². The van der Waals surface area contributed by atoms with E-state index in [1.54, 1.807) is 4.90 Å². The third-order valence-corrected chi connectivity index (χ3v) is 7.29. The zero-order chi connectivity index (χ0) is 24.2. The molecule has 0 radical (unpaired) electrons. The SMILES string of the molecule is NC(=O)[C@@H]1Cc2ccccc2CN1C(=O)CCCCCN1CCN(c2noc3ccccc23)CC1. The number of aromatic nitrogens is 1. The Bertz CT molecular complexity index is 1180. The summed E-state index contributed by atoms with van der Waals surface area (Å²) in [6.07, 6.45) is 3.84. The van der Waals surface area contributed by atoms with E-state index >= 15 is 0 Å². The van der Waals surface area contributed by atoms with E-state index in [2.05, 4.69) is 21.0 Å². The highest BCUT2D eigenvalue weighted by atomic mass is 16.5. The van der Waals surface area contributed by atoms with E-state index in [0.717, 1.165) is 79.9 Å². The summed E-state index contributed by atoms with van der Waals surface area (Å²) in [5, 5.41) is 5.35. The van der Waals surface area contributed by atoms with Crippen LogP contribution in [0.1, 0.15) is 36.8 Å². The zero-order valence-corrected chi connectivity index (χ0v) is 20.1. The van der Waals surface area contributed by atoms with E-state index in [-0.39, 0.29) is 5.91 Å². The first-order valence-electron chi connectivity index (χ1n) is 12.6. The van der Waals surface area contributed by atoms with Gasteiger partial charge in [-0.1, -0.05) is 48.0 Å². The van der Waals surface area contributed by atoms with Gasteiger partial charge in [-0.15, -0.1) is 0 Å². The largest absolute Gasteiger partial charge is 0.368 e. The number of piperazine rings is 1. The molecule has 35 heavy (non-hydrogen) atoms. The van der Waals surface area contributed by atoms with Gasteiger partial charge in [0.1, 0.15) is 6.04 Å². The van der Waals surface area contributed by atoms with Crippen LogP contribution in [-0.2, 0) is 22.6 Å². The van der Waals surface area contributed by atoms with Crippen molar-refractivity contribution in [3.8, 4) is 0 Å². The van der Waals surface area contributed by atoms with Crippen LogP contribution in [0.2, 0.25) is 0 Å². The van der Waals surface area contributed by atoms with Gasteiger partial charge in [0.05, 0.1) is 5.39 Å². The molecule has 1 fully saturated rings. The third kappa shape index (κ3) is 5.17. The van der Waals surface area contributed by atoms with Gasteiger partial charge in [0.25, 0.3) is 0 Å². The number of benzene rings is 2. The van der Waals surface area contributed by atoms with Gasteiger partial charge in [0.2, 0.25) is 11.8 Å². The van der Waals surface area contributed by atoms with Crippen molar-refractivity contribution in [2.24, 2.45) is 5.73 Å². The molecule has 0 bridgehead atoms. The predicted octanol–water partition coefficient (Wildman–Crippen LogP) is 2.95. The summed E-state index contributed by atoms with van der Waals surface area (Å²) in [5.41, 5.74) is 8.67. The number of hydrogen-bond donors (Lipinski definition) is 1. The maximum Gasteiger partial charge on any atom is 0.240 e. The number of primary amides is 1. The molecule has 1 saturated heterocycles. The van der Waals surface area contributed by atoms with Crippen molar-refractivity contribution in [3.63, 3.8) is 0 Å². The number of para-hydroxylation sites is 1. The lowest BCUT2D eigenvalue weighted by Gasteiger charge is -2.35. The topological polar surface area (TPSA) is 95.9 Å². The number of amides is 2. The summed E-state index contributed by atoms with van der Waals surface area (Å²) in [7, 11) is 0. The highest BCUT2D eigenvalue weighted by Gasteiger charge is 2.32. The van der Waals surface area contributed by atoms with Crippen molar-refractivity contribution in [3.05, 3.63) is 59.7 Å². The predicted molar refractivity (Wildman–Crippen MR) is 135 cm³/mol. The van der Waals surface area contributed by atoms with Gasteiger partial charge in [-0.2, -0.15) is 0 Å². The summed E-state index contributed by atoms with van der Waals surface area (Å²) < 4.78 is 5.46. The molecule has 0 aliphatic carbocycles. The normalized spacial score (nSPS) is 18.6. The molecule has 2 amide bonds. The monoisotopic (exact) mass is 475 g/mol. The van der Waals surface area contributed by atoms with E-state index in [1.807, 2.05) is 42.5 Å². The van der Waals surface area contributed by atoms with Crippen LogP contribution in [0.25, 0.3) is 11.0 Å². The molecule has 0 saturated carbocycles. The van der Waals surface area contributed by atoms with Gasteiger partial charge >= 0.3 is 0 Å². The van der Waals surface area contributed by atoms with Crippen molar-refractivity contribution in [1.82, 2.24) is 15.0 Å². The number of carbonyl (C=O) groups excluding carboxylic acids is 2. The maximum absolute atomic E-state index is 12.9. The summed E-state index contributed by atoms with van der Waals surface area (Å²) in [6.45, 7) is 5.34. The fraction of sp³-hybridized carbons (Fsp3) is 0.444. The number of nitrogens with two attached hydrogens (primary N) is 1. The van der Waals surface area contributed by atoms with Crippen LogP contribution in [-0.4, -0.2) is 65.5 Å². The molecule has 1 atom stereocenters. The molecule has 8 nitrogen and oxygen atoms in total. The van der Waals surface area contributed by atoms with Crippen LogP contribution in [0.4, 0.5) is 5.82 Å². The molecule has 3 aromatic rings. The Morgan fingerprint density at radius 3 is 2.49 bits per heavy atom. The first-order valence-corrected chi connectivity index (χ1v) is 12.6. The standard InChI is InChI=1S/C27H33N5O3/c28-26(34)23-18-20-8-3-4-9-21(20)19-32(23)25(33)12-2-1-7-13-30-14-16-31(17-15-30)27-22-10-5-6-11-24(22)35-29-27/h3-6,8-11,23H,1-2,7,12-19H2,(H2,28,34)/t23-/m0/s1. The van der Waals surface area contributed by atoms with Crippen molar-refractivity contribution in [2.45, 2.75) is 44.7 Å². The first-order chi connectivity index (χ1) is 17.1. The Kier molecular flexibility index (Phi) is 6.99. The van der Waals surface area contributed by atoms with E-state index in [1.165, 1.54) is 0 Å². The Morgan fingerprint density at radius 1 is 0.943 bits per heavy atom. The van der Waals surface area contributed by atoms with Gasteiger partial charge in [-0.3, -0.25) is 14.5 Å². The van der Waals surface area contributed by atoms with Gasteiger partial charge in [-0.05, 0) is 42.6 Å². The van der Waals surface area contributed by atoms with Gasteiger partial charge in [0.15, 0.2) is 11.4 Å². The molecule has 0 unspecified atom stereocenters. The Morgan fingerprint density at radius 2 is 1.69 bits per heavy atom. The number of rotatable bonds is 8. The lowest BCUT2D eigenvalue weighted by atomic mass is 9.93. The second-order valence-electron chi connectivity index (χ2n) is 9.55. The number of fused-ring (bicyclic) bond motifs is 2.